The molecule has 5 heteroatoms. The molecule has 23 heavy (non-hydrogen) atoms. The Balaban J connectivity index is 1.65. The van der Waals surface area contributed by atoms with E-state index in [9.17, 15) is 4.79 Å². The second kappa shape index (κ2) is 5.59. The van der Waals surface area contributed by atoms with E-state index in [1.165, 1.54) is 5.56 Å². The molecule has 1 aliphatic rings. The van der Waals surface area contributed by atoms with Crippen molar-refractivity contribution in [2.45, 2.75) is 18.9 Å². The third-order valence-electron chi connectivity index (χ3n) is 4.36. The minimum atomic E-state index is -0.118. The predicted octanol–water partition coefficient (Wildman–Crippen LogP) is 4.89. The topological polar surface area (TPSA) is 44.9 Å². The average Bonchev–Trinajstić information content (AvgIpc) is 3.13. The summed E-state index contributed by atoms with van der Waals surface area (Å²) in [5, 5.41) is 5.34. The van der Waals surface area contributed by atoms with Gasteiger partial charge in [-0.25, -0.2) is 0 Å². The van der Waals surface area contributed by atoms with Crippen molar-refractivity contribution in [2.75, 3.05) is 0 Å². The normalized spacial score (nSPS) is 16.5. The molecular formula is C18H14Cl2N2O. The number of hydrogen-bond acceptors (Lipinski definition) is 1. The molecule has 1 amide bonds. The summed E-state index contributed by atoms with van der Waals surface area (Å²) in [6.07, 6.45) is 3.62. The molecule has 1 heterocycles. The van der Waals surface area contributed by atoms with Crippen LogP contribution >= 0.6 is 23.2 Å². The van der Waals surface area contributed by atoms with Crippen LogP contribution < -0.4 is 5.32 Å². The fourth-order valence-electron chi connectivity index (χ4n) is 3.29. The highest BCUT2D eigenvalue weighted by atomic mass is 35.5. The molecule has 3 nitrogen and oxygen atoms in total. The number of aryl methyl sites for hydroxylation is 1. The molecule has 0 fully saturated rings. The number of aromatic nitrogens is 1. The Morgan fingerprint density at radius 2 is 2.00 bits per heavy atom. The first-order valence-corrected chi connectivity index (χ1v) is 8.23. The molecule has 0 spiro atoms. The van der Waals surface area contributed by atoms with Gasteiger partial charge in [-0.05, 0) is 54.3 Å². The Bertz CT molecular complexity index is 917. The summed E-state index contributed by atoms with van der Waals surface area (Å²) in [5.41, 5.74) is 3.73. The second-order valence-corrected chi connectivity index (χ2v) is 6.68. The van der Waals surface area contributed by atoms with Crippen molar-refractivity contribution < 1.29 is 4.79 Å². The lowest BCUT2D eigenvalue weighted by Gasteiger charge is -2.15. The molecule has 3 aromatic rings. The smallest absolute Gasteiger partial charge is 0.253 e. The van der Waals surface area contributed by atoms with Crippen LogP contribution in [0.5, 0.6) is 0 Å². The summed E-state index contributed by atoms with van der Waals surface area (Å²) >= 11 is 12.2. The lowest BCUT2D eigenvalue weighted by atomic mass is 10.1. The van der Waals surface area contributed by atoms with Crippen LogP contribution in [-0.2, 0) is 6.42 Å². The van der Waals surface area contributed by atoms with E-state index in [-0.39, 0.29) is 11.9 Å². The Labute approximate surface area is 143 Å². The van der Waals surface area contributed by atoms with Crippen LogP contribution in [0.1, 0.15) is 33.9 Å². The number of nitrogens with one attached hydrogen (secondary N) is 2. The number of carbonyl (C=O) groups excluding carboxylic acids is 1. The van der Waals surface area contributed by atoms with Crippen LogP contribution in [0.4, 0.5) is 0 Å². The third-order valence-corrected chi connectivity index (χ3v) is 4.81. The number of hydrogen-bond donors (Lipinski definition) is 2. The Morgan fingerprint density at radius 1 is 1.13 bits per heavy atom. The average molecular weight is 345 g/mol. The fourth-order valence-corrected chi connectivity index (χ4v) is 3.71. The molecule has 0 unspecified atom stereocenters. The molecular weight excluding hydrogens is 331 g/mol. The van der Waals surface area contributed by atoms with Crippen LogP contribution in [0.15, 0.2) is 42.6 Å². The van der Waals surface area contributed by atoms with Gasteiger partial charge in [0, 0.05) is 21.6 Å². The van der Waals surface area contributed by atoms with E-state index in [0.29, 0.717) is 10.6 Å². The number of amides is 1. The zero-order valence-corrected chi connectivity index (χ0v) is 13.7. The highest BCUT2D eigenvalue weighted by molar-refractivity contribution is 6.32. The quantitative estimate of drug-likeness (QED) is 0.682. The van der Waals surface area contributed by atoms with Gasteiger partial charge in [-0.2, -0.15) is 0 Å². The second-order valence-electron chi connectivity index (χ2n) is 5.80. The number of benzene rings is 2. The van der Waals surface area contributed by atoms with E-state index in [2.05, 4.69) is 10.3 Å². The largest absolute Gasteiger partial charge is 0.361 e. The number of fused-ring (bicyclic) bond motifs is 2. The molecule has 116 valence electrons. The highest BCUT2D eigenvalue weighted by Gasteiger charge is 2.25. The molecule has 0 saturated heterocycles. The fraction of sp³-hybridized carbons (Fsp3) is 0.167. The van der Waals surface area contributed by atoms with Gasteiger partial charge in [0.15, 0.2) is 0 Å². The van der Waals surface area contributed by atoms with E-state index in [4.69, 9.17) is 23.2 Å². The molecule has 0 bridgehead atoms. The molecule has 0 saturated carbocycles. The highest BCUT2D eigenvalue weighted by Crippen LogP contribution is 2.33. The zero-order valence-electron chi connectivity index (χ0n) is 12.2. The molecule has 1 atom stereocenters. The number of carbonyl (C=O) groups is 1. The minimum Gasteiger partial charge on any atom is -0.361 e. The molecule has 4 rings (SSSR count). The van der Waals surface area contributed by atoms with Gasteiger partial charge in [-0.15, -0.1) is 0 Å². The predicted molar refractivity (Wildman–Crippen MR) is 93.3 cm³/mol. The summed E-state index contributed by atoms with van der Waals surface area (Å²) in [4.78, 5) is 15.8. The van der Waals surface area contributed by atoms with E-state index < -0.39 is 0 Å². The Hall–Kier alpha value is -1.97. The van der Waals surface area contributed by atoms with Crippen molar-refractivity contribution in [3.8, 4) is 0 Å². The van der Waals surface area contributed by atoms with Gasteiger partial charge in [0.25, 0.3) is 5.91 Å². The molecule has 2 N–H and O–H groups in total. The van der Waals surface area contributed by atoms with Crippen LogP contribution in [0, 0.1) is 0 Å². The number of H-pyrrole nitrogens is 1. The monoisotopic (exact) mass is 344 g/mol. The van der Waals surface area contributed by atoms with Gasteiger partial charge >= 0.3 is 0 Å². The lowest BCUT2D eigenvalue weighted by molar-refractivity contribution is 0.0938. The van der Waals surface area contributed by atoms with Crippen molar-refractivity contribution in [2.24, 2.45) is 0 Å². The SMILES string of the molecule is O=C(N[C@@H]1CCc2cc(Cl)ccc21)c1cc(Cl)cc2cc[nH]c12. The first-order valence-electron chi connectivity index (χ1n) is 7.47. The van der Waals surface area contributed by atoms with E-state index in [0.717, 1.165) is 34.3 Å². The van der Waals surface area contributed by atoms with E-state index in [1.54, 1.807) is 6.07 Å². The molecule has 2 aromatic carbocycles. The zero-order chi connectivity index (χ0) is 16.0. The molecule has 1 aromatic heterocycles. The number of halogens is 2. The van der Waals surface area contributed by atoms with Crippen LogP contribution in [-0.4, -0.2) is 10.9 Å². The van der Waals surface area contributed by atoms with Crippen LogP contribution in [0.2, 0.25) is 10.0 Å². The van der Waals surface area contributed by atoms with Gasteiger partial charge in [-0.1, -0.05) is 29.3 Å². The van der Waals surface area contributed by atoms with E-state index in [1.807, 2.05) is 36.5 Å². The van der Waals surface area contributed by atoms with Crippen LogP contribution in [0.25, 0.3) is 10.9 Å². The van der Waals surface area contributed by atoms with Crippen molar-refractivity contribution in [3.05, 3.63) is 69.3 Å². The molecule has 0 radical (unpaired) electrons. The minimum absolute atomic E-state index is 0.0127. The number of rotatable bonds is 2. The van der Waals surface area contributed by atoms with Gasteiger partial charge < -0.3 is 10.3 Å². The standard InChI is InChI=1S/C18H14Cl2N2O/c19-12-2-3-14-10(7-12)1-4-16(14)22-18(23)15-9-13(20)8-11-5-6-21-17(11)15/h2-3,5-9,16,21H,1,4H2,(H,22,23)/t16-/m1/s1. The van der Waals surface area contributed by atoms with Crippen molar-refractivity contribution >= 4 is 40.0 Å². The van der Waals surface area contributed by atoms with Gasteiger partial charge in [-0.3, -0.25) is 4.79 Å². The van der Waals surface area contributed by atoms with Crippen LogP contribution in [0.3, 0.4) is 0 Å². The summed E-state index contributed by atoms with van der Waals surface area (Å²) in [6.45, 7) is 0. The molecule has 0 aliphatic heterocycles. The summed E-state index contributed by atoms with van der Waals surface area (Å²) in [5.74, 6) is -0.118. The Morgan fingerprint density at radius 3 is 2.87 bits per heavy atom. The summed E-state index contributed by atoms with van der Waals surface area (Å²) in [7, 11) is 0. The van der Waals surface area contributed by atoms with Crippen molar-refractivity contribution in [1.82, 2.24) is 10.3 Å². The first kappa shape index (κ1) is 14.6. The van der Waals surface area contributed by atoms with Gasteiger partial charge in [0.05, 0.1) is 17.1 Å². The molecule has 1 aliphatic carbocycles. The Kier molecular flexibility index (Phi) is 3.55. The van der Waals surface area contributed by atoms with Crippen molar-refractivity contribution in [3.63, 3.8) is 0 Å². The number of aromatic amines is 1. The van der Waals surface area contributed by atoms with Gasteiger partial charge in [0.2, 0.25) is 0 Å². The first-order chi connectivity index (χ1) is 11.1. The van der Waals surface area contributed by atoms with Crippen molar-refractivity contribution in [1.29, 1.82) is 0 Å². The maximum atomic E-state index is 12.7. The van der Waals surface area contributed by atoms with E-state index >= 15 is 0 Å². The summed E-state index contributed by atoms with van der Waals surface area (Å²) < 4.78 is 0. The maximum absolute atomic E-state index is 12.7. The van der Waals surface area contributed by atoms with Gasteiger partial charge in [0.1, 0.15) is 0 Å². The lowest BCUT2D eigenvalue weighted by Crippen LogP contribution is -2.27. The summed E-state index contributed by atoms with van der Waals surface area (Å²) in [6, 6.07) is 11.3. The third kappa shape index (κ3) is 2.60. The maximum Gasteiger partial charge on any atom is 0.253 e.